The van der Waals surface area contributed by atoms with Gasteiger partial charge in [-0.3, -0.25) is 0 Å². The lowest BCUT2D eigenvalue weighted by Gasteiger charge is -2.20. The van der Waals surface area contributed by atoms with E-state index in [0.717, 1.165) is 25.8 Å². The minimum absolute atomic E-state index is 0.339. The number of hydrogen-bond acceptors (Lipinski definition) is 4. The highest BCUT2D eigenvalue weighted by Crippen LogP contribution is 2.16. The molecule has 5 heteroatoms. The molecule has 1 saturated carbocycles. The van der Waals surface area contributed by atoms with Crippen molar-refractivity contribution in [3.63, 3.8) is 0 Å². The summed E-state index contributed by atoms with van der Waals surface area (Å²) >= 11 is 0. The van der Waals surface area contributed by atoms with Crippen LogP contribution in [0, 0.1) is 0 Å². The molecule has 1 fully saturated rings. The Morgan fingerprint density at radius 2 is 2.06 bits per heavy atom. The molecule has 1 aliphatic rings. The fourth-order valence-corrected chi connectivity index (χ4v) is 1.96. The molecule has 2 unspecified atom stereocenters. The first-order valence-corrected chi connectivity index (χ1v) is 6.32. The molecule has 0 radical (unpaired) electrons. The second kappa shape index (κ2) is 6.21. The number of alkyl carbamates (subject to hydrolysis) is 1. The minimum atomic E-state index is -0.435. The van der Waals surface area contributed by atoms with Crippen LogP contribution in [-0.4, -0.2) is 36.9 Å². The molecular weight excluding hydrogens is 218 g/mol. The van der Waals surface area contributed by atoms with Crippen molar-refractivity contribution >= 4 is 6.09 Å². The van der Waals surface area contributed by atoms with E-state index in [0.29, 0.717) is 18.6 Å². The topological polar surface area (TPSA) is 76.4 Å². The maximum atomic E-state index is 11.3. The quantitative estimate of drug-likeness (QED) is 0.643. The number of carbonyl (C=O) groups excluding carboxylic acids is 1. The van der Waals surface area contributed by atoms with Gasteiger partial charge in [-0.25, -0.2) is 4.79 Å². The smallest absolute Gasteiger partial charge is 0.407 e. The van der Waals surface area contributed by atoms with Crippen molar-refractivity contribution < 1.29 is 9.53 Å². The van der Waals surface area contributed by atoms with Crippen molar-refractivity contribution in [3.8, 4) is 0 Å². The van der Waals surface area contributed by atoms with Gasteiger partial charge in [0.1, 0.15) is 5.60 Å². The molecule has 1 amide bonds. The van der Waals surface area contributed by atoms with Crippen LogP contribution >= 0.6 is 0 Å². The molecule has 0 aromatic heterocycles. The first-order chi connectivity index (χ1) is 7.87. The number of rotatable bonds is 4. The SMILES string of the molecule is CC(C)(C)OC(=O)NCCNC1CCC(N)C1. The molecule has 1 aliphatic carbocycles. The summed E-state index contributed by atoms with van der Waals surface area (Å²) in [4.78, 5) is 11.3. The van der Waals surface area contributed by atoms with Gasteiger partial charge in [-0.1, -0.05) is 0 Å². The number of hydrogen-bond donors (Lipinski definition) is 3. The van der Waals surface area contributed by atoms with Gasteiger partial charge >= 0.3 is 6.09 Å². The molecule has 0 aromatic rings. The summed E-state index contributed by atoms with van der Waals surface area (Å²) in [5.74, 6) is 0. The van der Waals surface area contributed by atoms with E-state index in [-0.39, 0.29) is 6.09 Å². The van der Waals surface area contributed by atoms with Gasteiger partial charge in [-0.2, -0.15) is 0 Å². The van der Waals surface area contributed by atoms with Crippen LogP contribution in [0.1, 0.15) is 40.0 Å². The van der Waals surface area contributed by atoms with Crippen molar-refractivity contribution in [2.75, 3.05) is 13.1 Å². The van der Waals surface area contributed by atoms with Crippen LogP contribution in [0.2, 0.25) is 0 Å². The molecule has 1 rings (SSSR count). The Morgan fingerprint density at radius 1 is 1.35 bits per heavy atom. The Balaban J connectivity index is 2.02. The first kappa shape index (κ1) is 14.3. The number of carbonyl (C=O) groups is 1. The van der Waals surface area contributed by atoms with Crippen molar-refractivity contribution in [1.29, 1.82) is 0 Å². The van der Waals surface area contributed by atoms with E-state index in [2.05, 4.69) is 10.6 Å². The second-order valence-electron chi connectivity index (χ2n) is 5.65. The minimum Gasteiger partial charge on any atom is -0.444 e. The Bertz CT molecular complexity index is 251. The lowest BCUT2D eigenvalue weighted by Crippen LogP contribution is -2.38. The number of amides is 1. The Hall–Kier alpha value is -0.810. The summed E-state index contributed by atoms with van der Waals surface area (Å²) in [6.07, 6.45) is 2.90. The van der Waals surface area contributed by atoms with Gasteiger partial charge in [-0.05, 0) is 40.0 Å². The molecule has 5 nitrogen and oxygen atoms in total. The first-order valence-electron chi connectivity index (χ1n) is 6.32. The molecule has 0 bridgehead atoms. The molecule has 17 heavy (non-hydrogen) atoms. The highest BCUT2D eigenvalue weighted by atomic mass is 16.6. The molecule has 4 N–H and O–H groups in total. The van der Waals surface area contributed by atoms with Gasteiger partial charge in [0.05, 0.1) is 0 Å². The van der Waals surface area contributed by atoms with Crippen LogP contribution in [0.3, 0.4) is 0 Å². The Labute approximate surface area is 103 Å². The third-order valence-electron chi connectivity index (χ3n) is 2.70. The maximum absolute atomic E-state index is 11.3. The van der Waals surface area contributed by atoms with E-state index >= 15 is 0 Å². The zero-order valence-corrected chi connectivity index (χ0v) is 11.1. The van der Waals surface area contributed by atoms with Crippen molar-refractivity contribution in [3.05, 3.63) is 0 Å². The second-order valence-corrected chi connectivity index (χ2v) is 5.65. The molecule has 2 atom stereocenters. The van der Waals surface area contributed by atoms with Gasteiger partial charge in [0.15, 0.2) is 0 Å². The summed E-state index contributed by atoms with van der Waals surface area (Å²) in [5, 5.41) is 6.10. The zero-order chi connectivity index (χ0) is 12.9. The fraction of sp³-hybridized carbons (Fsp3) is 0.917. The molecule has 0 saturated heterocycles. The number of nitrogens with two attached hydrogens (primary N) is 1. The average molecular weight is 243 g/mol. The van der Waals surface area contributed by atoms with Gasteiger partial charge < -0.3 is 21.1 Å². The summed E-state index contributed by atoms with van der Waals surface area (Å²) in [6, 6.07) is 0.844. The van der Waals surface area contributed by atoms with Crippen molar-refractivity contribution in [1.82, 2.24) is 10.6 Å². The normalized spacial score (nSPS) is 24.7. The predicted octanol–water partition coefficient (Wildman–Crippen LogP) is 0.980. The van der Waals surface area contributed by atoms with E-state index < -0.39 is 5.60 Å². The van der Waals surface area contributed by atoms with Crippen molar-refractivity contribution in [2.45, 2.75) is 57.7 Å². The molecule has 0 heterocycles. The lowest BCUT2D eigenvalue weighted by atomic mass is 10.2. The van der Waals surface area contributed by atoms with Crippen molar-refractivity contribution in [2.24, 2.45) is 5.73 Å². The van der Waals surface area contributed by atoms with Gasteiger partial charge in [0.2, 0.25) is 0 Å². The van der Waals surface area contributed by atoms with E-state index in [4.69, 9.17) is 10.5 Å². The van der Waals surface area contributed by atoms with Gasteiger partial charge in [-0.15, -0.1) is 0 Å². The molecule has 100 valence electrons. The van der Waals surface area contributed by atoms with E-state index in [1.54, 1.807) is 0 Å². The average Bonchev–Trinajstić information content (AvgIpc) is 2.56. The van der Waals surface area contributed by atoms with Crippen LogP contribution in [0.25, 0.3) is 0 Å². The van der Waals surface area contributed by atoms with Gasteiger partial charge in [0.25, 0.3) is 0 Å². The van der Waals surface area contributed by atoms with Crippen LogP contribution in [-0.2, 0) is 4.74 Å². The lowest BCUT2D eigenvalue weighted by molar-refractivity contribution is 0.0528. The summed E-state index contributed by atoms with van der Waals surface area (Å²) < 4.78 is 5.13. The monoisotopic (exact) mass is 243 g/mol. The van der Waals surface area contributed by atoms with Crippen LogP contribution < -0.4 is 16.4 Å². The predicted molar refractivity (Wildman–Crippen MR) is 67.9 cm³/mol. The summed E-state index contributed by atoms with van der Waals surface area (Å²) in [7, 11) is 0. The highest BCUT2D eigenvalue weighted by Gasteiger charge is 2.20. The number of nitrogens with one attached hydrogen (secondary N) is 2. The molecule has 0 aliphatic heterocycles. The third kappa shape index (κ3) is 6.48. The van der Waals surface area contributed by atoms with E-state index in [1.165, 1.54) is 0 Å². The summed E-state index contributed by atoms with van der Waals surface area (Å²) in [6.45, 7) is 6.90. The Kier molecular flexibility index (Phi) is 5.21. The van der Waals surface area contributed by atoms with Crippen LogP contribution in [0.5, 0.6) is 0 Å². The molecule has 0 spiro atoms. The van der Waals surface area contributed by atoms with E-state index in [1.807, 2.05) is 20.8 Å². The largest absolute Gasteiger partial charge is 0.444 e. The number of ether oxygens (including phenoxy) is 1. The summed E-state index contributed by atoms with van der Waals surface area (Å²) in [5.41, 5.74) is 5.38. The maximum Gasteiger partial charge on any atom is 0.407 e. The fourth-order valence-electron chi connectivity index (χ4n) is 1.96. The van der Waals surface area contributed by atoms with E-state index in [9.17, 15) is 4.79 Å². The third-order valence-corrected chi connectivity index (χ3v) is 2.70. The van der Waals surface area contributed by atoms with Crippen LogP contribution in [0.4, 0.5) is 4.79 Å². The Morgan fingerprint density at radius 3 is 2.59 bits per heavy atom. The molecule has 0 aromatic carbocycles. The highest BCUT2D eigenvalue weighted by molar-refractivity contribution is 5.67. The standard InChI is InChI=1S/C12H25N3O2/c1-12(2,3)17-11(16)15-7-6-14-10-5-4-9(13)8-10/h9-10,14H,4-8,13H2,1-3H3,(H,15,16). The van der Waals surface area contributed by atoms with Crippen LogP contribution in [0.15, 0.2) is 0 Å². The van der Waals surface area contributed by atoms with Gasteiger partial charge in [0, 0.05) is 25.2 Å². The molecular formula is C12H25N3O2. The zero-order valence-electron chi connectivity index (χ0n) is 11.1.